The van der Waals surface area contributed by atoms with E-state index in [0.29, 0.717) is 18.2 Å². The Hall–Kier alpha value is -2.05. The second-order valence-electron chi connectivity index (χ2n) is 3.83. The Labute approximate surface area is 99.0 Å². The minimum atomic E-state index is -0.413. The van der Waals surface area contributed by atoms with Gasteiger partial charge < -0.3 is 20.7 Å². The summed E-state index contributed by atoms with van der Waals surface area (Å²) in [5.74, 6) is 1.08. The Bertz CT molecular complexity index is 411. The molecule has 1 unspecified atom stereocenters. The van der Waals surface area contributed by atoms with Crippen LogP contribution in [0.4, 0.5) is 16.4 Å². The molecule has 1 fully saturated rings. The molecule has 0 aromatic carbocycles. The van der Waals surface area contributed by atoms with E-state index in [0.717, 1.165) is 13.0 Å². The molecule has 7 heteroatoms. The number of amides is 1. The third-order valence-corrected chi connectivity index (χ3v) is 2.70. The summed E-state index contributed by atoms with van der Waals surface area (Å²) in [5, 5.41) is 2.76. The van der Waals surface area contributed by atoms with Crippen LogP contribution >= 0.6 is 0 Å². The van der Waals surface area contributed by atoms with Gasteiger partial charge in [0, 0.05) is 25.5 Å². The minimum Gasteiger partial charge on any atom is -0.453 e. The SMILES string of the molecule is COC(=O)NC1CCN(c2nccnc2N)C1. The van der Waals surface area contributed by atoms with Gasteiger partial charge in [-0.2, -0.15) is 0 Å². The summed E-state index contributed by atoms with van der Waals surface area (Å²) >= 11 is 0. The molecule has 0 spiro atoms. The summed E-state index contributed by atoms with van der Waals surface area (Å²) < 4.78 is 4.56. The number of nitrogen functional groups attached to an aromatic ring is 1. The largest absolute Gasteiger partial charge is 0.453 e. The van der Waals surface area contributed by atoms with E-state index in [1.54, 1.807) is 12.4 Å². The van der Waals surface area contributed by atoms with Crippen molar-refractivity contribution < 1.29 is 9.53 Å². The lowest BCUT2D eigenvalue weighted by atomic mass is 10.3. The quantitative estimate of drug-likeness (QED) is 0.751. The molecule has 1 aliphatic rings. The molecule has 2 heterocycles. The molecule has 7 nitrogen and oxygen atoms in total. The minimum absolute atomic E-state index is 0.0591. The molecule has 1 amide bonds. The van der Waals surface area contributed by atoms with Crippen LogP contribution in [-0.2, 0) is 4.74 Å². The van der Waals surface area contributed by atoms with Crippen molar-refractivity contribution in [2.24, 2.45) is 0 Å². The maximum atomic E-state index is 11.1. The van der Waals surface area contributed by atoms with E-state index in [2.05, 4.69) is 20.0 Å². The topological polar surface area (TPSA) is 93.4 Å². The number of methoxy groups -OCH3 is 1. The molecule has 17 heavy (non-hydrogen) atoms. The molecule has 1 saturated heterocycles. The molecule has 1 aromatic heterocycles. The number of nitrogens with two attached hydrogens (primary N) is 1. The number of carbonyl (C=O) groups is 1. The van der Waals surface area contributed by atoms with Crippen LogP contribution in [0.5, 0.6) is 0 Å². The van der Waals surface area contributed by atoms with Crippen LogP contribution < -0.4 is 16.0 Å². The highest BCUT2D eigenvalue weighted by Crippen LogP contribution is 2.21. The number of ether oxygens (including phenoxy) is 1. The number of nitrogens with one attached hydrogen (secondary N) is 1. The van der Waals surface area contributed by atoms with Crippen molar-refractivity contribution in [3.8, 4) is 0 Å². The standard InChI is InChI=1S/C10H15N5O2/c1-17-10(16)14-7-2-5-15(6-7)9-8(11)12-3-4-13-9/h3-4,7H,2,5-6H2,1H3,(H2,11,12)(H,14,16). The van der Waals surface area contributed by atoms with Crippen molar-refractivity contribution in [2.75, 3.05) is 30.8 Å². The fraction of sp³-hybridized carbons (Fsp3) is 0.500. The van der Waals surface area contributed by atoms with Gasteiger partial charge in [0.05, 0.1) is 13.2 Å². The third-order valence-electron chi connectivity index (χ3n) is 2.70. The van der Waals surface area contributed by atoms with Crippen LogP contribution in [0.2, 0.25) is 0 Å². The van der Waals surface area contributed by atoms with E-state index in [9.17, 15) is 4.79 Å². The molecular weight excluding hydrogens is 222 g/mol. The van der Waals surface area contributed by atoms with Gasteiger partial charge in [-0.25, -0.2) is 14.8 Å². The summed E-state index contributed by atoms with van der Waals surface area (Å²) in [4.78, 5) is 21.3. The van der Waals surface area contributed by atoms with E-state index in [1.807, 2.05) is 4.90 Å². The Morgan fingerprint density at radius 3 is 3.06 bits per heavy atom. The van der Waals surface area contributed by atoms with Gasteiger partial charge in [0.1, 0.15) is 0 Å². The lowest BCUT2D eigenvalue weighted by Crippen LogP contribution is -2.37. The lowest BCUT2D eigenvalue weighted by Gasteiger charge is -2.18. The van der Waals surface area contributed by atoms with Gasteiger partial charge in [-0.3, -0.25) is 0 Å². The molecular formula is C10H15N5O2. The molecule has 1 aliphatic heterocycles. The van der Waals surface area contributed by atoms with Crippen LogP contribution in [-0.4, -0.2) is 42.3 Å². The zero-order valence-corrected chi connectivity index (χ0v) is 9.59. The van der Waals surface area contributed by atoms with E-state index >= 15 is 0 Å². The number of alkyl carbamates (subject to hydrolysis) is 1. The van der Waals surface area contributed by atoms with Gasteiger partial charge in [-0.05, 0) is 6.42 Å². The number of aromatic nitrogens is 2. The molecule has 0 aliphatic carbocycles. The monoisotopic (exact) mass is 237 g/mol. The first-order chi connectivity index (χ1) is 8.20. The summed E-state index contributed by atoms with van der Waals surface area (Å²) in [6, 6.07) is 0.0591. The van der Waals surface area contributed by atoms with E-state index < -0.39 is 6.09 Å². The zero-order valence-electron chi connectivity index (χ0n) is 9.59. The molecule has 1 atom stereocenters. The van der Waals surface area contributed by atoms with Gasteiger partial charge in [0.15, 0.2) is 11.6 Å². The van der Waals surface area contributed by atoms with Gasteiger partial charge in [-0.15, -0.1) is 0 Å². The van der Waals surface area contributed by atoms with Crippen molar-refractivity contribution in [3.05, 3.63) is 12.4 Å². The first-order valence-electron chi connectivity index (χ1n) is 5.36. The first-order valence-corrected chi connectivity index (χ1v) is 5.36. The molecule has 1 aromatic rings. The summed E-state index contributed by atoms with van der Waals surface area (Å²) in [5.41, 5.74) is 5.75. The Morgan fingerprint density at radius 2 is 2.35 bits per heavy atom. The number of rotatable bonds is 2. The second kappa shape index (κ2) is 4.86. The van der Waals surface area contributed by atoms with Crippen LogP contribution in [0.15, 0.2) is 12.4 Å². The van der Waals surface area contributed by atoms with E-state index in [-0.39, 0.29) is 6.04 Å². The predicted octanol–water partition coefficient (Wildman–Crippen LogP) is -0.00650. The zero-order chi connectivity index (χ0) is 12.3. The summed E-state index contributed by atoms with van der Waals surface area (Å²) in [6.45, 7) is 1.45. The molecule has 2 rings (SSSR count). The highest BCUT2D eigenvalue weighted by molar-refractivity contribution is 5.68. The van der Waals surface area contributed by atoms with Crippen molar-refractivity contribution >= 4 is 17.7 Å². The van der Waals surface area contributed by atoms with Crippen LogP contribution in [0.3, 0.4) is 0 Å². The fourth-order valence-corrected chi connectivity index (χ4v) is 1.88. The molecule has 0 saturated carbocycles. The van der Waals surface area contributed by atoms with E-state index in [4.69, 9.17) is 5.73 Å². The van der Waals surface area contributed by atoms with E-state index in [1.165, 1.54) is 7.11 Å². The van der Waals surface area contributed by atoms with Crippen molar-refractivity contribution in [1.29, 1.82) is 0 Å². The number of nitrogens with zero attached hydrogens (tertiary/aromatic N) is 3. The van der Waals surface area contributed by atoms with Crippen molar-refractivity contribution in [1.82, 2.24) is 15.3 Å². The van der Waals surface area contributed by atoms with Crippen LogP contribution in [0.1, 0.15) is 6.42 Å². The van der Waals surface area contributed by atoms with Crippen LogP contribution in [0, 0.1) is 0 Å². The van der Waals surface area contributed by atoms with Gasteiger partial charge >= 0.3 is 6.09 Å². The maximum Gasteiger partial charge on any atom is 0.407 e. The second-order valence-corrected chi connectivity index (χ2v) is 3.83. The Balaban J connectivity index is 1.98. The Morgan fingerprint density at radius 1 is 1.59 bits per heavy atom. The smallest absolute Gasteiger partial charge is 0.407 e. The average Bonchev–Trinajstić information content (AvgIpc) is 2.78. The third kappa shape index (κ3) is 2.55. The average molecular weight is 237 g/mol. The van der Waals surface area contributed by atoms with Crippen molar-refractivity contribution in [2.45, 2.75) is 12.5 Å². The number of hydrogen-bond acceptors (Lipinski definition) is 6. The maximum absolute atomic E-state index is 11.1. The predicted molar refractivity (Wildman–Crippen MR) is 62.6 cm³/mol. The van der Waals surface area contributed by atoms with Gasteiger partial charge in [0.2, 0.25) is 0 Å². The molecule has 0 radical (unpaired) electrons. The Kier molecular flexibility index (Phi) is 3.27. The molecule has 3 N–H and O–H groups in total. The summed E-state index contributed by atoms with van der Waals surface area (Å²) in [6.07, 6.45) is 3.58. The number of anilines is 2. The van der Waals surface area contributed by atoms with Crippen molar-refractivity contribution in [3.63, 3.8) is 0 Å². The number of hydrogen-bond donors (Lipinski definition) is 2. The van der Waals surface area contributed by atoms with Gasteiger partial charge in [-0.1, -0.05) is 0 Å². The molecule has 0 bridgehead atoms. The van der Waals surface area contributed by atoms with Gasteiger partial charge in [0.25, 0.3) is 0 Å². The number of carbonyl (C=O) groups excluding carboxylic acids is 1. The normalized spacial score (nSPS) is 19.1. The lowest BCUT2D eigenvalue weighted by molar-refractivity contribution is 0.167. The fourth-order valence-electron chi connectivity index (χ4n) is 1.88. The highest BCUT2D eigenvalue weighted by atomic mass is 16.5. The molecule has 92 valence electrons. The van der Waals surface area contributed by atoms with Crippen LogP contribution in [0.25, 0.3) is 0 Å². The summed E-state index contributed by atoms with van der Waals surface area (Å²) in [7, 11) is 1.35. The first kappa shape index (κ1) is 11.4. The highest BCUT2D eigenvalue weighted by Gasteiger charge is 2.26.